The van der Waals surface area contributed by atoms with Crippen LogP contribution < -0.4 is 5.73 Å². The van der Waals surface area contributed by atoms with Gasteiger partial charge in [0.2, 0.25) is 5.91 Å². The molecule has 0 radical (unpaired) electrons. The zero-order valence-corrected chi connectivity index (χ0v) is 9.44. The molecule has 0 bridgehead atoms. The lowest BCUT2D eigenvalue weighted by atomic mass is 9.99. The standard InChI is InChI=1S/C9H12N2O4S/c1-15-2-4-3-16-8-5(10)7(12)11(8)6(4)9(13)14/h3,5-6,8H,2,10H2,1H3,(H,13,14)/t5-,6?,8-/m1/s1. The van der Waals surface area contributed by atoms with Gasteiger partial charge in [0.15, 0.2) is 6.04 Å². The number of ether oxygens (including phenoxy) is 1. The molecule has 1 fully saturated rings. The van der Waals surface area contributed by atoms with Crippen LogP contribution in [0.15, 0.2) is 11.0 Å². The van der Waals surface area contributed by atoms with E-state index in [-0.39, 0.29) is 17.9 Å². The number of nitrogens with zero attached hydrogens (tertiary/aromatic N) is 1. The molecule has 3 atom stereocenters. The molecule has 1 unspecified atom stereocenters. The normalized spacial score (nSPS) is 32.9. The fourth-order valence-corrected chi connectivity index (χ4v) is 3.05. The van der Waals surface area contributed by atoms with E-state index in [4.69, 9.17) is 15.6 Å². The van der Waals surface area contributed by atoms with Crippen molar-refractivity contribution >= 4 is 23.6 Å². The highest BCUT2D eigenvalue weighted by atomic mass is 32.2. The molecule has 0 aromatic carbocycles. The van der Waals surface area contributed by atoms with Crippen molar-refractivity contribution < 1.29 is 19.4 Å². The van der Waals surface area contributed by atoms with Crippen LogP contribution in [0.4, 0.5) is 0 Å². The largest absolute Gasteiger partial charge is 0.479 e. The number of methoxy groups -OCH3 is 1. The number of β-lactam (4-membered cyclic amide) rings is 1. The Morgan fingerprint density at radius 2 is 2.44 bits per heavy atom. The van der Waals surface area contributed by atoms with Crippen LogP contribution in [0.5, 0.6) is 0 Å². The van der Waals surface area contributed by atoms with E-state index >= 15 is 0 Å². The Kier molecular flexibility index (Phi) is 2.92. The lowest BCUT2D eigenvalue weighted by molar-refractivity contribution is -0.158. The Morgan fingerprint density at radius 3 is 3.00 bits per heavy atom. The van der Waals surface area contributed by atoms with Crippen LogP contribution in [0.1, 0.15) is 0 Å². The van der Waals surface area contributed by atoms with Crippen LogP contribution >= 0.6 is 11.8 Å². The molecule has 1 saturated heterocycles. The van der Waals surface area contributed by atoms with Crippen LogP contribution in [0.2, 0.25) is 0 Å². The number of carboxylic acid groups (broad SMARTS) is 1. The third-order valence-electron chi connectivity index (χ3n) is 2.65. The highest BCUT2D eigenvalue weighted by molar-refractivity contribution is 8.02. The van der Waals surface area contributed by atoms with Gasteiger partial charge in [0.05, 0.1) is 6.61 Å². The third-order valence-corrected chi connectivity index (χ3v) is 3.89. The Bertz CT molecular complexity index is 371. The summed E-state index contributed by atoms with van der Waals surface area (Å²) in [4.78, 5) is 24.0. The number of fused-ring (bicyclic) bond motifs is 1. The number of aliphatic carboxylic acids is 1. The number of thioether (sulfide) groups is 1. The van der Waals surface area contributed by atoms with E-state index in [1.807, 2.05) is 0 Å². The molecular formula is C9H12N2O4S. The number of nitrogens with two attached hydrogens (primary N) is 1. The fourth-order valence-electron chi connectivity index (χ4n) is 1.89. The van der Waals surface area contributed by atoms with Crippen molar-refractivity contribution in [2.45, 2.75) is 17.5 Å². The van der Waals surface area contributed by atoms with E-state index in [2.05, 4.69) is 0 Å². The summed E-state index contributed by atoms with van der Waals surface area (Å²) in [5, 5.41) is 10.6. The molecular weight excluding hydrogens is 232 g/mol. The van der Waals surface area contributed by atoms with Crippen LogP contribution in [-0.4, -0.2) is 53.1 Å². The third kappa shape index (κ3) is 1.51. The van der Waals surface area contributed by atoms with Crippen molar-refractivity contribution in [3.05, 3.63) is 11.0 Å². The second kappa shape index (κ2) is 4.08. The molecule has 2 aliphatic rings. The number of hydrogen-bond donors (Lipinski definition) is 2. The minimum absolute atomic E-state index is 0.204. The number of amides is 1. The monoisotopic (exact) mass is 244 g/mol. The Morgan fingerprint density at radius 1 is 1.75 bits per heavy atom. The van der Waals surface area contributed by atoms with Gasteiger partial charge in [0, 0.05) is 7.11 Å². The van der Waals surface area contributed by atoms with E-state index in [1.165, 1.54) is 23.8 Å². The van der Waals surface area contributed by atoms with Crippen molar-refractivity contribution in [1.82, 2.24) is 4.90 Å². The molecule has 2 rings (SSSR count). The van der Waals surface area contributed by atoms with E-state index in [1.54, 1.807) is 5.41 Å². The highest BCUT2D eigenvalue weighted by Crippen LogP contribution is 2.38. The molecule has 0 spiro atoms. The fraction of sp³-hybridized carbons (Fsp3) is 0.556. The SMILES string of the molecule is COCC1=CS[C@@H]2[C@H](N)C(=O)N2C1C(=O)O. The van der Waals surface area contributed by atoms with Gasteiger partial charge >= 0.3 is 5.97 Å². The molecule has 16 heavy (non-hydrogen) atoms. The number of rotatable bonds is 3. The molecule has 88 valence electrons. The summed E-state index contributed by atoms with van der Waals surface area (Å²) < 4.78 is 4.92. The predicted octanol–water partition coefficient (Wildman–Crippen LogP) is -0.788. The maximum atomic E-state index is 11.5. The van der Waals surface area contributed by atoms with Crippen LogP contribution in [0.25, 0.3) is 0 Å². The van der Waals surface area contributed by atoms with Gasteiger partial charge in [0.1, 0.15) is 11.4 Å². The van der Waals surface area contributed by atoms with Crippen molar-refractivity contribution in [3.63, 3.8) is 0 Å². The summed E-state index contributed by atoms with van der Waals surface area (Å²) in [6.45, 7) is 0.204. The topological polar surface area (TPSA) is 92.9 Å². The zero-order chi connectivity index (χ0) is 11.9. The first-order chi connectivity index (χ1) is 7.57. The van der Waals surface area contributed by atoms with Gasteiger partial charge in [-0.25, -0.2) is 4.79 Å². The van der Waals surface area contributed by atoms with Crippen LogP contribution in [-0.2, 0) is 14.3 Å². The van der Waals surface area contributed by atoms with Gasteiger partial charge in [-0.2, -0.15) is 0 Å². The quantitative estimate of drug-likeness (QED) is 0.632. The summed E-state index contributed by atoms with van der Waals surface area (Å²) in [5.41, 5.74) is 6.17. The summed E-state index contributed by atoms with van der Waals surface area (Å²) >= 11 is 1.37. The Hall–Kier alpha value is -1.05. The summed E-state index contributed by atoms with van der Waals surface area (Å²) in [5.74, 6) is -1.36. The Balaban J connectivity index is 2.26. The lowest BCUT2D eigenvalue weighted by Crippen LogP contribution is -2.72. The first-order valence-electron chi connectivity index (χ1n) is 4.72. The minimum Gasteiger partial charge on any atom is -0.479 e. The van der Waals surface area contributed by atoms with Gasteiger partial charge in [-0.1, -0.05) is 0 Å². The van der Waals surface area contributed by atoms with E-state index in [9.17, 15) is 9.59 Å². The van der Waals surface area contributed by atoms with Crippen LogP contribution in [0.3, 0.4) is 0 Å². The molecule has 2 aliphatic heterocycles. The van der Waals surface area contributed by atoms with E-state index in [0.29, 0.717) is 5.57 Å². The first kappa shape index (κ1) is 11.4. The van der Waals surface area contributed by atoms with Crippen molar-refractivity contribution in [1.29, 1.82) is 0 Å². The second-order valence-corrected chi connectivity index (χ2v) is 4.66. The summed E-state index contributed by atoms with van der Waals surface area (Å²) in [6, 6.07) is -1.52. The number of carboxylic acids is 1. The summed E-state index contributed by atoms with van der Waals surface area (Å²) in [7, 11) is 1.49. The Labute approximate surface area is 96.4 Å². The van der Waals surface area contributed by atoms with Gasteiger partial charge in [-0.3, -0.25) is 4.79 Å². The average Bonchev–Trinajstić information content (AvgIpc) is 2.27. The molecule has 2 heterocycles. The molecule has 7 heteroatoms. The van der Waals surface area contributed by atoms with Gasteiger partial charge in [0.25, 0.3) is 0 Å². The van der Waals surface area contributed by atoms with Gasteiger partial charge in [-0.05, 0) is 11.0 Å². The molecule has 0 aromatic heterocycles. The number of hydrogen-bond acceptors (Lipinski definition) is 5. The maximum absolute atomic E-state index is 11.5. The van der Waals surface area contributed by atoms with Crippen molar-refractivity contribution in [2.24, 2.45) is 5.73 Å². The van der Waals surface area contributed by atoms with Crippen LogP contribution in [0, 0.1) is 0 Å². The maximum Gasteiger partial charge on any atom is 0.330 e. The molecule has 0 saturated carbocycles. The predicted molar refractivity (Wildman–Crippen MR) is 57.6 cm³/mol. The first-order valence-corrected chi connectivity index (χ1v) is 5.66. The van der Waals surface area contributed by atoms with Gasteiger partial charge in [-0.15, -0.1) is 11.8 Å². The van der Waals surface area contributed by atoms with E-state index < -0.39 is 18.1 Å². The molecule has 6 nitrogen and oxygen atoms in total. The number of carbonyl (C=O) groups excluding carboxylic acids is 1. The van der Waals surface area contributed by atoms with Gasteiger partial charge < -0.3 is 20.5 Å². The molecule has 0 aromatic rings. The summed E-state index contributed by atoms with van der Waals surface area (Å²) in [6.07, 6.45) is 0. The van der Waals surface area contributed by atoms with Crippen molar-refractivity contribution in [3.8, 4) is 0 Å². The lowest BCUT2D eigenvalue weighted by Gasteiger charge is -2.50. The molecule has 3 N–H and O–H groups in total. The molecule has 1 amide bonds. The second-order valence-electron chi connectivity index (χ2n) is 3.66. The smallest absolute Gasteiger partial charge is 0.330 e. The minimum atomic E-state index is -1.05. The number of carbonyl (C=O) groups is 2. The highest BCUT2D eigenvalue weighted by Gasteiger charge is 2.53. The molecule has 0 aliphatic carbocycles. The zero-order valence-electron chi connectivity index (χ0n) is 8.62. The van der Waals surface area contributed by atoms with Crippen molar-refractivity contribution in [2.75, 3.05) is 13.7 Å². The average molecular weight is 244 g/mol. The van der Waals surface area contributed by atoms with E-state index in [0.717, 1.165) is 0 Å².